The fourth-order valence-corrected chi connectivity index (χ4v) is 2.22. The van der Waals surface area contributed by atoms with Crippen molar-refractivity contribution >= 4 is 6.29 Å². The van der Waals surface area contributed by atoms with Gasteiger partial charge < -0.3 is 9.53 Å². The average molecular weight is 254 g/mol. The van der Waals surface area contributed by atoms with Crippen LogP contribution in [0.1, 0.15) is 22.3 Å². The average Bonchev–Trinajstić information content (AvgIpc) is 2.37. The van der Waals surface area contributed by atoms with E-state index in [9.17, 15) is 4.79 Å². The SMILES string of the molecule is Cc1cc(C)cc(COc2ccccc2CC=O)c1. The van der Waals surface area contributed by atoms with E-state index in [4.69, 9.17) is 4.74 Å². The third kappa shape index (κ3) is 3.68. The number of rotatable bonds is 5. The summed E-state index contributed by atoms with van der Waals surface area (Å²) in [6.07, 6.45) is 1.29. The molecule has 0 aliphatic carbocycles. The molecule has 2 rings (SSSR count). The zero-order chi connectivity index (χ0) is 13.7. The number of aryl methyl sites for hydroxylation is 2. The Morgan fingerprint density at radius 2 is 1.74 bits per heavy atom. The number of hydrogen-bond acceptors (Lipinski definition) is 2. The van der Waals surface area contributed by atoms with Gasteiger partial charge in [-0.2, -0.15) is 0 Å². The predicted molar refractivity (Wildman–Crippen MR) is 76.5 cm³/mol. The van der Waals surface area contributed by atoms with Crippen molar-refractivity contribution in [3.05, 3.63) is 64.7 Å². The molecule has 0 bridgehead atoms. The lowest BCUT2D eigenvalue weighted by Gasteiger charge is -2.11. The Labute approximate surface area is 114 Å². The molecule has 0 fully saturated rings. The van der Waals surface area contributed by atoms with Gasteiger partial charge in [-0.3, -0.25) is 0 Å². The summed E-state index contributed by atoms with van der Waals surface area (Å²) in [5, 5.41) is 0. The zero-order valence-corrected chi connectivity index (χ0v) is 11.3. The monoisotopic (exact) mass is 254 g/mol. The molecule has 0 aliphatic rings. The zero-order valence-electron chi connectivity index (χ0n) is 11.3. The molecule has 19 heavy (non-hydrogen) atoms. The van der Waals surface area contributed by atoms with Crippen molar-refractivity contribution in [3.63, 3.8) is 0 Å². The van der Waals surface area contributed by atoms with Gasteiger partial charge in [-0.15, -0.1) is 0 Å². The smallest absolute Gasteiger partial charge is 0.124 e. The van der Waals surface area contributed by atoms with E-state index in [0.717, 1.165) is 23.2 Å². The Bertz CT molecular complexity index is 553. The topological polar surface area (TPSA) is 26.3 Å². The highest BCUT2D eigenvalue weighted by Gasteiger charge is 2.03. The van der Waals surface area contributed by atoms with Crippen molar-refractivity contribution in [2.24, 2.45) is 0 Å². The number of benzene rings is 2. The summed E-state index contributed by atoms with van der Waals surface area (Å²) in [5.41, 5.74) is 4.56. The second kappa shape index (κ2) is 6.19. The second-order valence-electron chi connectivity index (χ2n) is 4.76. The minimum Gasteiger partial charge on any atom is -0.489 e. The number of aldehydes is 1. The third-order valence-corrected chi connectivity index (χ3v) is 2.95. The maximum atomic E-state index is 10.6. The summed E-state index contributed by atoms with van der Waals surface area (Å²) in [4.78, 5) is 10.6. The molecule has 0 atom stereocenters. The van der Waals surface area contributed by atoms with Crippen LogP contribution in [0.15, 0.2) is 42.5 Å². The van der Waals surface area contributed by atoms with Crippen molar-refractivity contribution in [1.82, 2.24) is 0 Å². The molecule has 2 nitrogen and oxygen atoms in total. The first-order valence-corrected chi connectivity index (χ1v) is 6.40. The highest BCUT2D eigenvalue weighted by Crippen LogP contribution is 2.20. The number of para-hydroxylation sites is 1. The van der Waals surface area contributed by atoms with Gasteiger partial charge in [0.25, 0.3) is 0 Å². The quantitative estimate of drug-likeness (QED) is 0.762. The van der Waals surface area contributed by atoms with E-state index in [1.807, 2.05) is 24.3 Å². The number of hydrogen-bond donors (Lipinski definition) is 0. The van der Waals surface area contributed by atoms with Gasteiger partial charge in [-0.25, -0.2) is 0 Å². The molecule has 0 radical (unpaired) electrons. The van der Waals surface area contributed by atoms with Crippen molar-refractivity contribution < 1.29 is 9.53 Å². The van der Waals surface area contributed by atoms with E-state index < -0.39 is 0 Å². The van der Waals surface area contributed by atoms with E-state index in [-0.39, 0.29) is 0 Å². The molecule has 2 heteroatoms. The lowest BCUT2D eigenvalue weighted by Crippen LogP contribution is -2.00. The van der Waals surface area contributed by atoms with Crippen LogP contribution in [0, 0.1) is 13.8 Å². The van der Waals surface area contributed by atoms with Gasteiger partial charge in [0.15, 0.2) is 0 Å². The van der Waals surface area contributed by atoms with E-state index in [2.05, 4.69) is 32.0 Å². The van der Waals surface area contributed by atoms with Gasteiger partial charge in [0, 0.05) is 12.0 Å². The van der Waals surface area contributed by atoms with Crippen LogP contribution in [0.4, 0.5) is 0 Å². The maximum absolute atomic E-state index is 10.6. The third-order valence-electron chi connectivity index (χ3n) is 2.95. The van der Waals surface area contributed by atoms with Gasteiger partial charge in [0.1, 0.15) is 18.6 Å². The van der Waals surface area contributed by atoms with Crippen molar-refractivity contribution in [2.75, 3.05) is 0 Å². The molecule has 0 aliphatic heterocycles. The van der Waals surface area contributed by atoms with Crippen LogP contribution >= 0.6 is 0 Å². The molecule has 0 saturated carbocycles. The van der Waals surface area contributed by atoms with E-state index in [1.165, 1.54) is 11.1 Å². The highest BCUT2D eigenvalue weighted by molar-refractivity contribution is 5.57. The number of carbonyl (C=O) groups excluding carboxylic acids is 1. The minimum atomic E-state index is 0.392. The van der Waals surface area contributed by atoms with Crippen LogP contribution in [0.3, 0.4) is 0 Å². The largest absolute Gasteiger partial charge is 0.489 e. The maximum Gasteiger partial charge on any atom is 0.124 e. The number of ether oxygens (including phenoxy) is 1. The minimum absolute atomic E-state index is 0.392. The summed E-state index contributed by atoms with van der Waals surface area (Å²) in [5.74, 6) is 0.786. The van der Waals surface area contributed by atoms with Gasteiger partial charge in [0.05, 0.1) is 0 Å². The first kappa shape index (κ1) is 13.3. The van der Waals surface area contributed by atoms with Crippen LogP contribution in [0.5, 0.6) is 5.75 Å². The van der Waals surface area contributed by atoms with E-state index in [1.54, 1.807) is 0 Å². The van der Waals surface area contributed by atoms with Crippen LogP contribution in [0.2, 0.25) is 0 Å². The van der Waals surface area contributed by atoms with E-state index >= 15 is 0 Å². The Kier molecular flexibility index (Phi) is 4.35. The highest BCUT2D eigenvalue weighted by atomic mass is 16.5. The Morgan fingerprint density at radius 3 is 2.42 bits per heavy atom. The lowest BCUT2D eigenvalue weighted by atomic mass is 10.1. The Balaban J connectivity index is 2.11. The molecule has 0 aromatic heterocycles. The molecule has 2 aromatic rings. The van der Waals surface area contributed by atoms with Crippen LogP contribution in [-0.4, -0.2) is 6.29 Å². The summed E-state index contributed by atoms with van der Waals surface area (Å²) >= 11 is 0. The number of carbonyl (C=O) groups is 1. The lowest BCUT2D eigenvalue weighted by molar-refractivity contribution is -0.107. The van der Waals surface area contributed by atoms with Gasteiger partial charge >= 0.3 is 0 Å². The van der Waals surface area contributed by atoms with Gasteiger partial charge in [0.2, 0.25) is 0 Å². The normalized spacial score (nSPS) is 10.2. The Hall–Kier alpha value is -2.09. The van der Waals surface area contributed by atoms with Crippen LogP contribution in [-0.2, 0) is 17.8 Å². The first-order chi connectivity index (χ1) is 9.19. The second-order valence-corrected chi connectivity index (χ2v) is 4.76. The summed E-state index contributed by atoms with van der Waals surface area (Å²) in [7, 11) is 0. The van der Waals surface area contributed by atoms with Crippen molar-refractivity contribution in [2.45, 2.75) is 26.9 Å². The molecular formula is C17H18O2. The molecule has 0 heterocycles. The van der Waals surface area contributed by atoms with Gasteiger partial charge in [-0.05, 0) is 25.5 Å². The summed E-state index contributed by atoms with van der Waals surface area (Å²) in [6, 6.07) is 14.1. The van der Waals surface area contributed by atoms with Crippen LogP contribution < -0.4 is 4.74 Å². The van der Waals surface area contributed by atoms with Crippen molar-refractivity contribution in [1.29, 1.82) is 0 Å². The van der Waals surface area contributed by atoms with E-state index in [0.29, 0.717) is 13.0 Å². The molecule has 98 valence electrons. The van der Waals surface area contributed by atoms with Gasteiger partial charge in [-0.1, -0.05) is 47.5 Å². The first-order valence-electron chi connectivity index (χ1n) is 6.40. The molecule has 0 amide bonds. The Morgan fingerprint density at radius 1 is 1.05 bits per heavy atom. The molecular weight excluding hydrogens is 236 g/mol. The summed E-state index contributed by atoms with van der Waals surface area (Å²) < 4.78 is 5.83. The van der Waals surface area contributed by atoms with Crippen molar-refractivity contribution in [3.8, 4) is 5.75 Å². The molecule has 0 spiro atoms. The molecule has 2 aromatic carbocycles. The molecule has 0 saturated heterocycles. The fraction of sp³-hybridized carbons (Fsp3) is 0.235. The molecule has 0 N–H and O–H groups in total. The predicted octanol–water partition coefficient (Wildman–Crippen LogP) is 3.62. The van der Waals surface area contributed by atoms with Crippen LogP contribution in [0.25, 0.3) is 0 Å². The standard InChI is InChI=1S/C17H18O2/c1-13-9-14(2)11-15(10-13)12-19-17-6-4-3-5-16(17)7-8-18/h3-6,8-11H,7,12H2,1-2H3. The fourth-order valence-electron chi connectivity index (χ4n) is 2.22. The molecule has 0 unspecified atom stereocenters. The summed E-state index contributed by atoms with van der Waals surface area (Å²) in [6.45, 7) is 4.69.